The molecule has 3 aromatic rings. The third-order valence-corrected chi connectivity index (χ3v) is 9.74. The fourth-order valence-electron chi connectivity index (χ4n) is 5.70. The van der Waals surface area contributed by atoms with Gasteiger partial charge in [-0.2, -0.15) is 18.2 Å². The highest BCUT2D eigenvalue weighted by molar-refractivity contribution is 7.46. The van der Waals surface area contributed by atoms with Gasteiger partial charge >= 0.3 is 6.18 Å². The standard InChI is InChI=1S/C32H39F3N7O5P/c1-6-46-48(47-7-2)19-21-8-9-24(27(16-21)45-5)38-31-36-17-23(32(33,34)35)29(39-31)37-25-10-11-26(22-18-40(4)30(44)28(22)25)42-14-12-41(13-15-42)20(3)43/h8-11,16-17H,6-7,12-15,18-19H2,1-5H3,(H2,36,37,38,39). The van der Waals surface area contributed by atoms with Gasteiger partial charge in [0.2, 0.25) is 11.9 Å². The second kappa shape index (κ2) is 14.9. The number of methoxy groups -OCH3 is 1. The number of carbonyl (C=O) groups is 2. The van der Waals surface area contributed by atoms with Gasteiger partial charge in [0, 0.05) is 70.3 Å². The smallest absolute Gasteiger partial charge is 0.421 e. The highest BCUT2D eigenvalue weighted by Gasteiger charge is 2.37. The molecular weight excluding hydrogens is 650 g/mol. The number of hydrogen-bond acceptors (Lipinski definition) is 10. The quantitative estimate of drug-likeness (QED) is 0.215. The van der Waals surface area contributed by atoms with Gasteiger partial charge in [-0.25, -0.2) is 4.98 Å². The minimum atomic E-state index is -4.78. The molecule has 12 nitrogen and oxygen atoms in total. The van der Waals surface area contributed by atoms with Crippen LogP contribution in [0.5, 0.6) is 5.75 Å². The zero-order valence-corrected chi connectivity index (χ0v) is 28.4. The number of piperazine rings is 1. The molecular formula is C32H39F3N7O5P. The highest BCUT2D eigenvalue weighted by Crippen LogP contribution is 2.44. The Morgan fingerprint density at radius 3 is 2.33 bits per heavy atom. The van der Waals surface area contributed by atoms with Crippen LogP contribution in [0.1, 0.15) is 47.8 Å². The molecule has 258 valence electrons. The van der Waals surface area contributed by atoms with E-state index < -0.39 is 25.9 Å². The highest BCUT2D eigenvalue weighted by atomic mass is 31.2. The van der Waals surface area contributed by atoms with E-state index in [4.69, 9.17) is 13.8 Å². The zero-order valence-electron chi connectivity index (χ0n) is 27.5. The van der Waals surface area contributed by atoms with Crippen molar-refractivity contribution in [3.05, 3.63) is 58.8 Å². The molecule has 0 radical (unpaired) electrons. The molecule has 2 N–H and O–H groups in total. The monoisotopic (exact) mass is 689 g/mol. The predicted molar refractivity (Wildman–Crippen MR) is 177 cm³/mol. The second-order valence-corrected chi connectivity index (χ2v) is 12.7. The minimum Gasteiger partial charge on any atom is -0.495 e. The lowest BCUT2D eigenvalue weighted by atomic mass is 10.0. The summed E-state index contributed by atoms with van der Waals surface area (Å²) >= 11 is 0. The molecule has 1 aromatic heterocycles. The second-order valence-electron chi connectivity index (χ2n) is 11.2. The van der Waals surface area contributed by atoms with E-state index in [1.165, 1.54) is 18.9 Å². The molecule has 0 unspecified atom stereocenters. The molecule has 2 aromatic carbocycles. The van der Waals surface area contributed by atoms with Crippen LogP contribution in [0.25, 0.3) is 0 Å². The summed E-state index contributed by atoms with van der Waals surface area (Å²) in [6.07, 6.45) is -3.54. The molecule has 0 atom stereocenters. The van der Waals surface area contributed by atoms with Crippen LogP contribution < -0.4 is 20.3 Å². The van der Waals surface area contributed by atoms with Gasteiger partial charge in [-0.05, 0) is 43.7 Å². The number of carbonyl (C=O) groups excluding carboxylic acids is 2. The number of amides is 2. The molecule has 2 amide bonds. The van der Waals surface area contributed by atoms with Crippen LogP contribution in [0.4, 0.5) is 42.0 Å². The number of hydrogen-bond donors (Lipinski definition) is 2. The summed E-state index contributed by atoms with van der Waals surface area (Å²) in [5.41, 5.74) is 2.23. The average molecular weight is 690 g/mol. The summed E-state index contributed by atoms with van der Waals surface area (Å²) in [5.74, 6) is -0.512. The molecule has 0 saturated carbocycles. The van der Waals surface area contributed by atoms with Crippen LogP contribution in [0.2, 0.25) is 0 Å². The Kier molecular flexibility index (Phi) is 10.9. The van der Waals surface area contributed by atoms with Crippen LogP contribution >= 0.6 is 8.38 Å². The van der Waals surface area contributed by atoms with Gasteiger partial charge in [-0.15, -0.1) is 0 Å². The first-order valence-electron chi connectivity index (χ1n) is 15.5. The summed E-state index contributed by atoms with van der Waals surface area (Å²) in [7, 11) is 2.00. The van der Waals surface area contributed by atoms with Gasteiger partial charge in [-0.1, -0.05) is 6.07 Å². The first kappa shape index (κ1) is 35.1. The number of alkyl halides is 3. The maximum absolute atomic E-state index is 14.2. The van der Waals surface area contributed by atoms with Crippen molar-refractivity contribution in [1.82, 2.24) is 19.8 Å². The Hall–Kier alpha value is -4.20. The van der Waals surface area contributed by atoms with E-state index in [9.17, 15) is 22.8 Å². The summed E-state index contributed by atoms with van der Waals surface area (Å²) < 4.78 is 59.6. The minimum absolute atomic E-state index is 0.00200. The van der Waals surface area contributed by atoms with Crippen LogP contribution in [-0.4, -0.2) is 85.1 Å². The lowest BCUT2D eigenvalue weighted by Crippen LogP contribution is -2.48. The SMILES string of the molecule is CCOP(Cc1ccc(Nc2ncc(C(F)(F)F)c(Nc3ccc(N4CCN(C(C)=O)CC4)c4c3C(=O)N(C)C4)n2)c(OC)c1)OCC. The molecule has 2 aliphatic rings. The molecule has 2 aliphatic heterocycles. The van der Waals surface area contributed by atoms with Crippen molar-refractivity contribution in [2.75, 3.05) is 69.1 Å². The Bertz CT molecular complexity index is 1650. The Labute approximate surface area is 278 Å². The van der Waals surface area contributed by atoms with E-state index in [0.717, 1.165) is 11.3 Å². The lowest BCUT2D eigenvalue weighted by molar-refractivity contribution is -0.137. The van der Waals surface area contributed by atoms with Crippen LogP contribution in [0, 0.1) is 0 Å². The van der Waals surface area contributed by atoms with Crippen molar-refractivity contribution < 1.29 is 36.5 Å². The molecule has 0 spiro atoms. The van der Waals surface area contributed by atoms with Crippen molar-refractivity contribution in [3.8, 4) is 5.75 Å². The van der Waals surface area contributed by atoms with Gasteiger partial charge in [0.1, 0.15) is 17.1 Å². The third-order valence-electron chi connectivity index (χ3n) is 8.03. The summed E-state index contributed by atoms with van der Waals surface area (Å²) in [5, 5.41) is 5.77. The van der Waals surface area contributed by atoms with Gasteiger partial charge < -0.3 is 39.1 Å². The first-order chi connectivity index (χ1) is 22.9. The number of halogens is 3. The van der Waals surface area contributed by atoms with Crippen LogP contribution in [0.3, 0.4) is 0 Å². The molecule has 0 aliphatic carbocycles. The molecule has 1 saturated heterocycles. The number of fused-ring (bicyclic) bond motifs is 1. The number of ether oxygens (including phenoxy) is 1. The summed E-state index contributed by atoms with van der Waals surface area (Å²) in [4.78, 5) is 38.7. The lowest BCUT2D eigenvalue weighted by Gasteiger charge is -2.36. The van der Waals surface area contributed by atoms with Crippen LogP contribution in [0.15, 0.2) is 36.5 Å². The Morgan fingerprint density at radius 2 is 1.71 bits per heavy atom. The van der Waals surface area contributed by atoms with E-state index in [1.807, 2.05) is 19.9 Å². The van der Waals surface area contributed by atoms with E-state index in [2.05, 4.69) is 25.5 Å². The largest absolute Gasteiger partial charge is 0.495 e. The molecule has 48 heavy (non-hydrogen) atoms. The van der Waals surface area contributed by atoms with E-state index >= 15 is 0 Å². The average Bonchev–Trinajstić information content (AvgIpc) is 3.35. The van der Waals surface area contributed by atoms with Gasteiger partial charge in [0.25, 0.3) is 5.91 Å². The zero-order chi connectivity index (χ0) is 34.6. The predicted octanol–water partition coefficient (Wildman–Crippen LogP) is 6.13. The Balaban J connectivity index is 1.44. The van der Waals surface area contributed by atoms with E-state index in [1.54, 1.807) is 36.2 Å². The van der Waals surface area contributed by atoms with Gasteiger partial charge in [-0.3, -0.25) is 9.59 Å². The summed E-state index contributed by atoms with van der Waals surface area (Å²) in [6, 6.07) is 8.75. The number of nitrogens with zero attached hydrogens (tertiary/aromatic N) is 5. The topological polar surface area (TPSA) is 121 Å². The number of benzene rings is 2. The van der Waals surface area contributed by atoms with Crippen molar-refractivity contribution in [3.63, 3.8) is 0 Å². The molecule has 0 bridgehead atoms. The number of rotatable bonds is 12. The molecule has 5 rings (SSSR count). The fourth-order valence-corrected chi connectivity index (χ4v) is 7.03. The number of aromatic nitrogens is 2. The molecule has 16 heteroatoms. The third kappa shape index (κ3) is 7.74. The van der Waals surface area contributed by atoms with Crippen molar-refractivity contribution >= 4 is 49.0 Å². The van der Waals surface area contributed by atoms with Crippen LogP contribution in [-0.2, 0) is 32.7 Å². The fraction of sp³-hybridized carbons (Fsp3) is 0.438. The van der Waals surface area contributed by atoms with E-state index in [0.29, 0.717) is 75.3 Å². The van der Waals surface area contributed by atoms with Crippen molar-refractivity contribution in [2.24, 2.45) is 0 Å². The Morgan fingerprint density at radius 1 is 1.02 bits per heavy atom. The van der Waals surface area contributed by atoms with Crippen molar-refractivity contribution in [1.29, 1.82) is 0 Å². The first-order valence-corrected chi connectivity index (χ1v) is 16.9. The van der Waals surface area contributed by atoms with Gasteiger partial charge in [0.15, 0.2) is 8.38 Å². The maximum Gasteiger partial charge on any atom is 0.421 e. The normalized spacial score (nSPS) is 14.9. The van der Waals surface area contributed by atoms with Crippen molar-refractivity contribution in [2.45, 2.75) is 39.7 Å². The summed E-state index contributed by atoms with van der Waals surface area (Å²) in [6.45, 7) is 8.86. The molecule has 1 fully saturated rings. The number of nitrogens with one attached hydrogen (secondary N) is 2. The maximum atomic E-state index is 14.2. The number of anilines is 5. The molecule has 3 heterocycles. The van der Waals surface area contributed by atoms with Gasteiger partial charge in [0.05, 0.1) is 37.3 Å². The van der Waals surface area contributed by atoms with E-state index in [-0.39, 0.29) is 29.0 Å².